The van der Waals surface area contributed by atoms with Gasteiger partial charge in [-0.1, -0.05) is 0 Å². The highest BCUT2D eigenvalue weighted by Gasteiger charge is 2.23. The predicted molar refractivity (Wildman–Crippen MR) is 117 cm³/mol. The molecule has 2 amide bonds. The van der Waals surface area contributed by atoms with Gasteiger partial charge in [-0.3, -0.25) is 4.98 Å². The highest BCUT2D eigenvalue weighted by atomic mass is 19.1. The number of anilines is 2. The second kappa shape index (κ2) is 10.0. The Morgan fingerprint density at radius 2 is 1.68 bits per heavy atom. The van der Waals surface area contributed by atoms with E-state index in [1.165, 1.54) is 17.7 Å². The maximum absolute atomic E-state index is 14.4. The fraction of sp³-hybridized carbons (Fsp3) is 0.478. The van der Waals surface area contributed by atoms with Crippen molar-refractivity contribution >= 4 is 17.4 Å². The molecule has 2 aliphatic heterocycles. The van der Waals surface area contributed by atoms with E-state index in [2.05, 4.69) is 20.5 Å². The first kappa shape index (κ1) is 21.5. The topological polar surface area (TPSA) is 60.5 Å². The van der Waals surface area contributed by atoms with Crippen molar-refractivity contribution in [2.24, 2.45) is 0 Å². The SMILES string of the molecule is O=C(Nc1cc(F)c(N2CCCC2)c(F)c1)NC1CCN(CCc2ccncc2)CC1. The van der Waals surface area contributed by atoms with Gasteiger partial charge in [0, 0.05) is 56.8 Å². The van der Waals surface area contributed by atoms with Crippen LogP contribution in [0.1, 0.15) is 31.2 Å². The van der Waals surface area contributed by atoms with Gasteiger partial charge in [-0.25, -0.2) is 13.6 Å². The number of hydrogen-bond acceptors (Lipinski definition) is 4. The fourth-order valence-electron chi connectivity index (χ4n) is 4.37. The molecule has 8 heteroatoms. The molecule has 1 aromatic heterocycles. The third-order valence-corrected chi connectivity index (χ3v) is 6.09. The Bertz CT molecular complexity index is 858. The summed E-state index contributed by atoms with van der Waals surface area (Å²) < 4.78 is 28.9. The smallest absolute Gasteiger partial charge is 0.319 e. The van der Waals surface area contributed by atoms with Gasteiger partial charge in [0.2, 0.25) is 0 Å². The van der Waals surface area contributed by atoms with E-state index in [4.69, 9.17) is 0 Å². The Kier molecular flexibility index (Phi) is 6.96. The lowest BCUT2D eigenvalue weighted by atomic mass is 10.0. The summed E-state index contributed by atoms with van der Waals surface area (Å²) >= 11 is 0. The maximum atomic E-state index is 14.4. The number of amides is 2. The Labute approximate surface area is 181 Å². The highest BCUT2D eigenvalue weighted by molar-refractivity contribution is 5.89. The number of nitrogens with zero attached hydrogens (tertiary/aromatic N) is 3. The molecule has 4 rings (SSSR count). The minimum absolute atomic E-state index is 0.00240. The van der Waals surface area contributed by atoms with Gasteiger partial charge in [-0.05, 0) is 61.9 Å². The van der Waals surface area contributed by atoms with Crippen molar-refractivity contribution in [3.8, 4) is 0 Å². The van der Waals surface area contributed by atoms with Gasteiger partial charge in [-0.2, -0.15) is 0 Å². The Morgan fingerprint density at radius 1 is 1.03 bits per heavy atom. The average molecular weight is 430 g/mol. The first-order chi connectivity index (χ1) is 15.1. The molecule has 2 N–H and O–H groups in total. The number of nitrogens with one attached hydrogen (secondary N) is 2. The summed E-state index contributed by atoms with van der Waals surface area (Å²) in [6.07, 6.45) is 8.16. The van der Waals surface area contributed by atoms with Crippen molar-refractivity contribution in [3.05, 3.63) is 53.9 Å². The summed E-state index contributed by atoms with van der Waals surface area (Å²) in [7, 11) is 0. The minimum atomic E-state index is -0.639. The number of likely N-dealkylation sites (tertiary alicyclic amines) is 1. The Hall–Kier alpha value is -2.74. The number of carbonyl (C=O) groups is 1. The van der Waals surface area contributed by atoms with Crippen LogP contribution >= 0.6 is 0 Å². The summed E-state index contributed by atoms with van der Waals surface area (Å²) in [6, 6.07) is 6.07. The molecule has 0 bridgehead atoms. The van der Waals surface area contributed by atoms with Gasteiger partial charge in [0.1, 0.15) is 5.69 Å². The molecule has 2 fully saturated rings. The normalized spacial score (nSPS) is 17.7. The molecular formula is C23H29F2N5O. The van der Waals surface area contributed by atoms with Crippen molar-refractivity contribution in [1.82, 2.24) is 15.2 Å². The van der Waals surface area contributed by atoms with Crippen molar-refractivity contribution in [2.45, 2.75) is 38.1 Å². The van der Waals surface area contributed by atoms with Gasteiger partial charge >= 0.3 is 6.03 Å². The minimum Gasteiger partial charge on any atom is -0.367 e. The number of pyridine rings is 1. The molecule has 0 saturated carbocycles. The predicted octanol–water partition coefficient (Wildman–Crippen LogP) is 3.79. The summed E-state index contributed by atoms with van der Waals surface area (Å²) in [4.78, 5) is 20.5. The van der Waals surface area contributed by atoms with E-state index in [1.54, 1.807) is 4.90 Å². The van der Waals surface area contributed by atoms with Crippen molar-refractivity contribution in [2.75, 3.05) is 42.9 Å². The summed E-state index contributed by atoms with van der Waals surface area (Å²) in [5.74, 6) is -1.28. The van der Waals surface area contributed by atoms with Crippen LogP contribution < -0.4 is 15.5 Å². The third kappa shape index (κ3) is 5.70. The Balaban J connectivity index is 1.23. The molecule has 1 aromatic carbocycles. The molecule has 2 aromatic rings. The molecule has 2 saturated heterocycles. The number of hydrogen-bond donors (Lipinski definition) is 2. The average Bonchev–Trinajstić information content (AvgIpc) is 3.28. The lowest BCUT2D eigenvalue weighted by Crippen LogP contribution is -2.46. The van der Waals surface area contributed by atoms with E-state index in [-0.39, 0.29) is 17.4 Å². The van der Waals surface area contributed by atoms with E-state index in [0.29, 0.717) is 13.1 Å². The van der Waals surface area contributed by atoms with Crippen LogP contribution in [0.15, 0.2) is 36.7 Å². The number of benzene rings is 1. The van der Waals surface area contributed by atoms with E-state index < -0.39 is 17.7 Å². The van der Waals surface area contributed by atoms with Crippen LogP contribution in [0.5, 0.6) is 0 Å². The highest BCUT2D eigenvalue weighted by Crippen LogP contribution is 2.29. The first-order valence-corrected chi connectivity index (χ1v) is 11.0. The molecule has 0 radical (unpaired) electrons. The van der Waals surface area contributed by atoms with Gasteiger partial charge in [0.05, 0.1) is 0 Å². The number of urea groups is 1. The Morgan fingerprint density at radius 3 is 2.32 bits per heavy atom. The van der Waals surface area contributed by atoms with E-state index in [1.807, 2.05) is 24.5 Å². The zero-order chi connectivity index (χ0) is 21.6. The molecule has 6 nitrogen and oxygen atoms in total. The molecular weight excluding hydrogens is 400 g/mol. The molecule has 166 valence electrons. The number of carbonyl (C=O) groups excluding carboxylic acids is 1. The molecule has 0 atom stereocenters. The van der Waals surface area contributed by atoms with Crippen molar-refractivity contribution < 1.29 is 13.6 Å². The monoisotopic (exact) mass is 429 g/mol. The van der Waals surface area contributed by atoms with Gasteiger partial charge in [0.15, 0.2) is 11.6 Å². The van der Waals surface area contributed by atoms with Gasteiger partial charge in [-0.15, -0.1) is 0 Å². The van der Waals surface area contributed by atoms with Gasteiger partial charge in [0.25, 0.3) is 0 Å². The zero-order valence-electron chi connectivity index (χ0n) is 17.6. The van der Waals surface area contributed by atoms with E-state index in [9.17, 15) is 13.6 Å². The largest absolute Gasteiger partial charge is 0.367 e. The fourth-order valence-corrected chi connectivity index (χ4v) is 4.37. The van der Waals surface area contributed by atoms with Crippen LogP contribution in [0.4, 0.5) is 25.0 Å². The van der Waals surface area contributed by atoms with Crippen LogP contribution in [-0.4, -0.2) is 54.7 Å². The molecule has 0 unspecified atom stereocenters. The standard InChI is InChI=1S/C23H29F2N5O/c24-20-15-19(16-21(25)22(20)30-10-1-2-11-30)28-23(31)27-18-6-13-29(14-7-18)12-5-17-3-8-26-9-4-17/h3-4,8-9,15-16,18H,1-2,5-7,10-14H2,(H2,27,28,31). The number of halogens is 2. The quantitative estimate of drug-likeness (QED) is 0.734. The van der Waals surface area contributed by atoms with Crippen LogP contribution in [0, 0.1) is 11.6 Å². The van der Waals surface area contributed by atoms with Crippen LogP contribution in [0.3, 0.4) is 0 Å². The lowest BCUT2D eigenvalue weighted by molar-refractivity contribution is 0.197. The van der Waals surface area contributed by atoms with Crippen LogP contribution in [-0.2, 0) is 6.42 Å². The summed E-state index contributed by atoms with van der Waals surface area (Å²) in [5, 5.41) is 5.51. The lowest BCUT2D eigenvalue weighted by Gasteiger charge is -2.32. The van der Waals surface area contributed by atoms with Gasteiger partial charge < -0.3 is 20.4 Å². The molecule has 0 aliphatic carbocycles. The molecule has 3 heterocycles. The molecule has 0 spiro atoms. The summed E-state index contributed by atoms with van der Waals surface area (Å²) in [5.41, 5.74) is 1.40. The van der Waals surface area contributed by atoms with E-state index in [0.717, 1.165) is 51.7 Å². The van der Waals surface area contributed by atoms with E-state index >= 15 is 0 Å². The second-order valence-electron chi connectivity index (χ2n) is 8.30. The zero-order valence-corrected chi connectivity index (χ0v) is 17.6. The third-order valence-electron chi connectivity index (χ3n) is 6.09. The van der Waals surface area contributed by atoms with Crippen LogP contribution in [0.2, 0.25) is 0 Å². The second-order valence-corrected chi connectivity index (χ2v) is 8.30. The maximum Gasteiger partial charge on any atom is 0.319 e. The summed E-state index contributed by atoms with van der Waals surface area (Å²) in [6.45, 7) is 4.10. The first-order valence-electron chi connectivity index (χ1n) is 11.0. The number of piperidine rings is 1. The van der Waals surface area contributed by atoms with Crippen molar-refractivity contribution in [1.29, 1.82) is 0 Å². The molecule has 2 aliphatic rings. The molecule has 31 heavy (non-hydrogen) atoms. The number of rotatable bonds is 6. The number of aromatic nitrogens is 1. The van der Waals surface area contributed by atoms with Crippen molar-refractivity contribution in [3.63, 3.8) is 0 Å². The van der Waals surface area contributed by atoms with Crippen LogP contribution in [0.25, 0.3) is 0 Å².